The lowest BCUT2D eigenvalue weighted by Gasteiger charge is -2.20. The number of anilines is 1. The number of benzene rings is 1. The summed E-state index contributed by atoms with van der Waals surface area (Å²) in [6, 6.07) is 4.44. The second-order valence-electron chi connectivity index (χ2n) is 4.12. The highest BCUT2D eigenvalue weighted by Gasteiger charge is 2.42. The summed E-state index contributed by atoms with van der Waals surface area (Å²) in [6.07, 6.45) is 1.39. The van der Waals surface area contributed by atoms with Crippen molar-refractivity contribution in [3.8, 4) is 0 Å². The Morgan fingerprint density at radius 2 is 2.31 bits per heavy atom. The molecule has 0 saturated heterocycles. The van der Waals surface area contributed by atoms with Gasteiger partial charge >= 0.3 is 0 Å². The Morgan fingerprint density at radius 3 is 3.15 bits per heavy atom. The molecule has 1 saturated carbocycles. The molecule has 0 bridgehead atoms. The minimum absolute atomic E-state index is 0.864. The van der Waals surface area contributed by atoms with E-state index in [0.717, 1.165) is 11.8 Å². The lowest BCUT2D eigenvalue weighted by atomic mass is 10.00. The highest BCUT2D eigenvalue weighted by atomic mass is 79.9. The van der Waals surface area contributed by atoms with Crippen molar-refractivity contribution in [1.29, 1.82) is 0 Å². The van der Waals surface area contributed by atoms with Gasteiger partial charge in [-0.05, 0) is 42.4 Å². The molecule has 1 aromatic rings. The van der Waals surface area contributed by atoms with E-state index >= 15 is 0 Å². The molecule has 0 radical (unpaired) electrons. The molecule has 2 heteroatoms. The van der Waals surface area contributed by atoms with Crippen LogP contribution < -0.4 is 5.32 Å². The third-order valence-electron chi connectivity index (χ3n) is 3.29. The number of halogens is 1. The monoisotopic (exact) mass is 237 g/mol. The standard InChI is InChI=1S/C11H12BrN/c1-6-10(12)3-2-8-9-4-7(9)5-13-11(6)8/h2-3,7,9,13H,4-5H2,1H3. The van der Waals surface area contributed by atoms with E-state index in [1.54, 1.807) is 0 Å². The zero-order chi connectivity index (χ0) is 9.00. The fourth-order valence-electron chi connectivity index (χ4n) is 2.34. The van der Waals surface area contributed by atoms with Crippen molar-refractivity contribution >= 4 is 21.6 Å². The van der Waals surface area contributed by atoms with Crippen LogP contribution in [0.1, 0.15) is 23.5 Å². The van der Waals surface area contributed by atoms with Crippen molar-refractivity contribution in [2.45, 2.75) is 19.3 Å². The SMILES string of the molecule is Cc1c(Br)ccc2c1NCC1CC21. The first-order chi connectivity index (χ1) is 6.27. The summed E-state index contributed by atoms with van der Waals surface area (Å²) < 4.78 is 1.22. The summed E-state index contributed by atoms with van der Waals surface area (Å²) >= 11 is 3.57. The maximum atomic E-state index is 3.57. The van der Waals surface area contributed by atoms with Crippen LogP contribution in [-0.2, 0) is 0 Å². The molecule has 0 aromatic heterocycles. The van der Waals surface area contributed by atoms with Gasteiger partial charge < -0.3 is 5.32 Å². The number of nitrogens with one attached hydrogen (secondary N) is 1. The van der Waals surface area contributed by atoms with E-state index < -0.39 is 0 Å². The van der Waals surface area contributed by atoms with Gasteiger partial charge in [0, 0.05) is 16.7 Å². The third kappa shape index (κ3) is 1.05. The molecule has 1 aliphatic carbocycles. The molecule has 1 heterocycles. The number of hydrogen-bond acceptors (Lipinski definition) is 1. The zero-order valence-electron chi connectivity index (χ0n) is 7.60. The Balaban J connectivity index is 2.19. The second kappa shape index (κ2) is 2.50. The van der Waals surface area contributed by atoms with Gasteiger partial charge in [-0.25, -0.2) is 0 Å². The van der Waals surface area contributed by atoms with Gasteiger partial charge in [0.2, 0.25) is 0 Å². The van der Waals surface area contributed by atoms with Gasteiger partial charge in [0.15, 0.2) is 0 Å². The van der Waals surface area contributed by atoms with Crippen molar-refractivity contribution in [3.05, 3.63) is 27.7 Å². The van der Waals surface area contributed by atoms with Crippen LogP contribution in [0.4, 0.5) is 5.69 Å². The Hall–Kier alpha value is -0.500. The third-order valence-corrected chi connectivity index (χ3v) is 4.15. The lowest BCUT2D eigenvalue weighted by molar-refractivity contribution is 0.814. The Kier molecular flexibility index (Phi) is 1.51. The fourth-order valence-corrected chi connectivity index (χ4v) is 2.67. The minimum atomic E-state index is 0.864. The van der Waals surface area contributed by atoms with E-state index in [1.807, 2.05) is 0 Å². The van der Waals surface area contributed by atoms with Crippen LogP contribution in [-0.4, -0.2) is 6.54 Å². The minimum Gasteiger partial charge on any atom is -0.384 e. The molecular weight excluding hydrogens is 226 g/mol. The Bertz CT molecular complexity index is 373. The predicted molar refractivity (Wildman–Crippen MR) is 58.2 cm³/mol. The molecule has 2 aliphatic rings. The normalized spacial score (nSPS) is 28.8. The van der Waals surface area contributed by atoms with Crippen LogP contribution in [0.3, 0.4) is 0 Å². The first-order valence-corrected chi connectivity index (χ1v) is 5.59. The molecule has 1 N–H and O–H groups in total. The van der Waals surface area contributed by atoms with Crippen molar-refractivity contribution in [3.63, 3.8) is 0 Å². The summed E-state index contributed by atoms with van der Waals surface area (Å²) in [5, 5.41) is 3.53. The van der Waals surface area contributed by atoms with E-state index in [2.05, 4.69) is 40.3 Å². The van der Waals surface area contributed by atoms with Crippen molar-refractivity contribution in [2.24, 2.45) is 5.92 Å². The molecule has 68 valence electrons. The number of hydrogen-bond donors (Lipinski definition) is 1. The van der Waals surface area contributed by atoms with Gasteiger partial charge in [-0.15, -0.1) is 0 Å². The highest BCUT2D eigenvalue weighted by Crippen LogP contribution is 2.53. The summed E-state index contributed by atoms with van der Waals surface area (Å²) in [5.74, 6) is 1.79. The Morgan fingerprint density at radius 1 is 1.46 bits per heavy atom. The quantitative estimate of drug-likeness (QED) is 0.731. The average Bonchev–Trinajstić information content (AvgIpc) is 2.89. The molecule has 0 spiro atoms. The molecule has 1 aliphatic heterocycles. The zero-order valence-corrected chi connectivity index (χ0v) is 9.19. The van der Waals surface area contributed by atoms with Crippen LogP contribution >= 0.6 is 15.9 Å². The van der Waals surface area contributed by atoms with Crippen LogP contribution in [0.25, 0.3) is 0 Å². The first kappa shape index (κ1) is 7.86. The van der Waals surface area contributed by atoms with Crippen LogP contribution in [0.2, 0.25) is 0 Å². The van der Waals surface area contributed by atoms with Crippen molar-refractivity contribution in [2.75, 3.05) is 11.9 Å². The van der Waals surface area contributed by atoms with Gasteiger partial charge in [0.1, 0.15) is 0 Å². The van der Waals surface area contributed by atoms with E-state index in [0.29, 0.717) is 0 Å². The molecule has 13 heavy (non-hydrogen) atoms. The van der Waals surface area contributed by atoms with E-state index in [4.69, 9.17) is 0 Å². The topological polar surface area (TPSA) is 12.0 Å². The highest BCUT2D eigenvalue weighted by molar-refractivity contribution is 9.10. The molecule has 3 rings (SSSR count). The van der Waals surface area contributed by atoms with Gasteiger partial charge in [-0.3, -0.25) is 0 Å². The average molecular weight is 238 g/mol. The van der Waals surface area contributed by atoms with Crippen LogP contribution in [0, 0.1) is 12.8 Å². The maximum Gasteiger partial charge on any atom is 0.0416 e. The second-order valence-corrected chi connectivity index (χ2v) is 4.97. The summed E-state index contributed by atoms with van der Waals surface area (Å²) in [5.41, 5.74) is 4.29. The maximum absolute atomic E-state index is 3.57. The molecule has 2 unspecified atom stereocenters. The molecule has 1 aromatic carbocycles. The first-order valence-electron chi connectivity index (χ1n) is 4.80. The summed E-state index contributed by atoms with van der Waals surface area (Å²) in [7, 11) is 0. The van der Waals surface area contributed by atoms with Crippen molar-refractivity contribution in [1.82, 2.24) is 0 Å². The van der Waals surface area contributed by atoms with Crippen molar-refractivity contribution < 1.29 is 0 Å². The summed E-state index contributed by atoms with van der Waals surface area (Å²) in [4.78, 5) is 0. The smallest absolute Gasteiger partial charge is 0.0416 e. The molecular formula is C11H12BrN. The predicted octanol–water partition coefficient (Wildman–Crippen LogP) is 3.29. The molecule has 0 amide bonds. The van der Waals surface area contributed by atoms with Gasteiger partial charge in [0.25, 0.3) is 0 Å². The number of fused-ring (bicyclic) bond motifs is 3. The Labute approximate surface area is 86.7 Å². The van der Waals surface area contributed by atoms with Gasteiger partial charge in [0.05, 0.1) is 0 Å². The lowest BCUT2D eigenvalue weighted by Crippen LogP contribution is -2.13. The van der Waals surface area contributed by atoms with Crippen LogP contribution in [0.5, 0.6) is 0 Å². The largest absolute Gasteiger partial charge is 0.384 e. The molecule has 1 nitrogen and oxygen atoms in total. The van der Waals surface area contributed by atoms with Gasteiger partial charge in [-0.1, -0.05) is 22.0 Å². The molecule has 1 fully saturated rings. The van der Waals surface area contributed by atoms with E-state index in [-0.39, 0.29) is 0 Å². The number of rotatable bonds is 0. The van der Waals surface area contributed by atoms with Crippen LogP contribution in [0.15, 0.2) is 16.6 Å². The molecule has 2 atom stereocenters. The fraction of sp³-hybridized carbons (Fsp3) is 0.455. The van der Waals surface area contributed by atoms with E-state index in [9.17, 15) is 0 Å². The van der Waals surface area contributed by atoms with Gasteiger partial charge in [-0.2, -0.15) is 0 Å². The summed E-state index contributed by atoms with van der Waals surface area (Å²) in [6.45, 7) is 3.35. The van der Waals surface area contributed by atoms with E-state index in [1.165, 1.54) is 34.3 Å².